The van der Waals surface area contributed by atoms with E-state index in [-0.39, 0.29) is 11.3 Å². The topological polar surface area (TPSA) is 97.9 Å². The molecule has 0 aromatic carbocycles. The number of hydrogen-bond donors (Lipinski definition) is 1. The summed E-state index contributed by atoms with van der Waals surface area (Å²) in [5.74, 6) is 0.330. The molecule has 1 saturated heterocycles. The second kappa shape index (κ2) is 5.75. The van der Waals surface area contributed by atoms with Gasteiger partial charge in [0.15, 0.2) is 0 Å². The molecule has 1 atom stereocenters. The molecule has 0 radical (unpaired) electrons. The number of nitrogen functional groups attached to an aromatic ring is 1. The maximum absolute atomic E-state index is 13.1. The second-order valence-electron chi connectivity index (χ2n) is 7.13. The molecule has 7 nitrogen and oxygen atoms in total. The minimum absolute atomic E-state index is 0.0187. The normalized spacial score (nSPS) is 22.2. The number of anilines is 1. The van der Waals surface area contributed by atoms with Gasteiger partial charge in [0, 0.05) is 24.7 Å². The predicted octanol–water partition coefficient (Wildman–Crippen LogP) is 1.59. The number of carbonyl (C=O) groups excluding carboxylic acids is 1. The van der Waals surface area contributed by atoms with Crippen LogP contribution in [0.2, 0.25) is 0 Å². The third-order valence-electron chi connectivity index (χ3n) is 5.56. The van der Waals surface area contributed by atoms with E-state index in [0.717, 1.165) is 49.3 Å². The Bertz CT molecular complexity index is 827. The fourth-order valence-corrected chi connectivity index (χ4v) is 4.32. The van der Waals surface area contributed by atoms with Crippen LogP contribution in [0.3, 0.4) is 0 Å². The van der Waals surface area contributed by atoms with E-state index in [2.05, 4.69) is 19.9 Å². The number of hydrogen-bond acceptors (Lipinski definition) is 6. The average molecular weight is 338 g/mol. The molecule has 1 fully saturated rings. The summed E-state index contributed by atoms with van der Waals surface area (Å²) in [4.78, 5) is 32.1. The van der Waals surface area contributed by atoms with Gasteiger partial charge in [0.05, 0.1) is 22.6 Å². The van der Waals surface area contributed by atoms with Crippen LogP contribution in [0.25, 0.3) is 0 Å². The van der Waals surface area contributed by atoms with Gasteiger partial charge in [-0.2, -0.15) is 0 Å². The van der Waals surface area contributed by atoms with Crippen molar-refractivity contribution < 1.29 is 4.79 Å². The van der Waals surface area contributed by atoms with Crippen molar-refractivity contribution >= 4 is 11.9 Å². The number of nitrogens with two attached hydrogens (primary N) is 1. The molecule has 1 aliphatic carbocycles. The Labute approximate surface area is 146 Å². The van der Waals surface area contributed by atoms with E-state index in [1.165, 1.54) is 11.9 Å². The molecule has 130 valence electrons. The zero-order valence-electron chi connectivity index (χ0n) is 14.6. The molecular weight excluding hydrogens is 316 g/mol. The third kappa shape index (κ3) is 2.54. The minimum Gasteiger partial charge on any atom is -0.368 e. The fourth-order valence-electron chi connectivity index (χ4n) is 4.32. The van der Waals surface area contributed by atoms with Crippen LogP contribution in [0.1, 0.15) is 52.3 Å². The molecule has 1 unspecified atom stereocenters. The third-order valence-corrected chi connectivity index (χ3v) is 5.56. The maximum atomic E-state index is 13.1. The van der Waals surface area contributed by atoms with E-state index in [1.54, 1.807) is 0 Å². The Kier molecular flexibility index (Phi) is 3.67. The van der Waals surface area contributed by atoms with Crippen molar-refractivity contribution in [3.8, 4) is 0 Å². The first kappa shape index (κ1) is 15.9. The van der Waals surface area contributed by atoms with E-state index < -0.39 is 0 Å². The summed E-state index contributed by atoms with van der Waals surface area (Å²) >= 11 is 0. The van der Waals surface area contributed by atoms with Gasteiger partial charge < -0.3 is 10.6 Å². The second-order valence-corrected chi connectivity index (χ2v) is 7.13. The lowest BCUT2D eigenvalue weighted by atomic mass is 9.77. The predicted molar refractivity (Wildman–Crippen MR) is 93.1 cm³/mol. The maximum Gasteiger partial charge on any atom is 0.257 e. The van der Waals surface area contributed by atoms with Gasteiger partial charge in [0.2, 0.25) is 5.95 Å². The van der Waals surface area contributed by atoms with E-state index in [4.69, 9.17) is 5.73 Å². The summed E-state index contributed by atoms with van der Waals surface area (Å²) in [5, 5.41) is 0. The van der Waals surface area contributed by atoms with Crippen LogP contribution in [0, 0.1) is 13.8 Å². The molecule has 1 aliphatic heterocycles. The Balaban J connectivity index is 1.67. The van der Waals surface area contributed by atoms with Crippen molar-refractivity contribution in [1.29, 1.82) is 0 Å². The van der Waals surface area contributed by atoms with E-state index in [0.29, 0.717) is 18.1 Å². The molecule has 7 heteroatoms. The Morgan fingerprint density at radius 1 is 1.20 bits per heavy atom. The lowest BCUT2D eigenvalue weighted by Gasteiger charge is -2.40. The van der Waals surface area contributed by atoms with E-state index in [1.807, 2.05) is 24.9 Å². The van der Waals surface area contributed by atoms with Gasteiger partial charge in [-0.25, -0.2) is 19.9 Å². The Morgan fingerprint density at radius 3 is 2.72 bits per heavy atom. The van der Waals surface area contributed by atoms with Crippen LogP contribution in [0.15, 0.2) is 12.5 Å². The summed E-state index contributed by atoms with van der Waals surface area (Å²) in [5.41, 5.74) is 10.0. The smallest absolute Gasteiger partial charge is 0.257 e. The molecule has 0 saturated carbocycles. The number of aryl methyl sites for hydroxylation is 3. The SMILES string of the molecule is Cc1ncnc(C)c1C(=O)N1CCCC2(CCc3cnc(N)nc32)C1. The van der Waals surface area contributed by atoms with Crippen LogP contribution in [0.4, 0.5) is 5.95 Å². The molecule has 1 amide bonds. The molecule has 2 aromatic heterocycles. The standard InChI is InChI=1S/C18H22N6O/c1-11-14(12(2)22-10-21-11)16(25)24-7-3-5-18(9-24)6-4-13-8-20-17(19)23-15(13)18/h8,10H,3-7,9H2,1-2H3,(H2,19,20,23). The molecule has 3 heterocycles. The molecule has 4 rings (SSSR count). The number of nitrogens with zero attached hydrogens (tertiary/aromatic N) is 5. The molecule has 2 N–H and O–H groups in total. The van der Waals surface area contributed by atoms with Crippen molar-refractivity contribution in [1.82, 2.24) is 24.8 Å². The summed E-state index contributed by atoms with van der Waals surface area (Å²) < 4.78 is 0. The molecule has 2 aliphatic rings. The number of carbonyl (C=O) groups is 1. The Hall–Kier alpha value is -2.57. The van der Waals surface area contributed by atoms with Gasteiger partial charge in [0.25, 0.3) is 5.91 Å². The summed E-state index contributed by atoms with van der Waals surface area (Å²) in [6.07, 6.45) is 7.28. The first-order valence-corrected chi connectivity index (χ1v) is 8.69. The number of aromatic nitrogens is 4. The number of amides is 1. The first-order chi connectivity index (χ1) is 12.0. The zero-order chi connectivity index (χ0) is 17.6. The van der Waals surface area contributed by atoms with Crippen molar-refractivity contribution in [3.05, 3.63) is 40.7 Å². The lowest BCUT2D eigenvalue weighted by Crippen LogP contribution is -2.48. The number of piperidine rings is 1. The average Bonchev–Trinajstić information content (AvgIpc) is 2.92. The molecule has 25 heavy (non-hydrogen) atoms. The molecule has 2 aromatic rings. The van der Waals surface area contributed by atoms with Crippen molar-refractivity contribution in [3.63, 3.8) is 0 Å². The van der Waals surface area contributed by atoms with Crippen LogP contribution < -0.4 is 5.73 Å². The van der Waals surface area contributed by atoms with Crippen LogP contribution in [-0.2, 0) is 11.8 Å². The van der Waals surface area contributed by atoms with Crippen LogP contribution >= 0.6 is 0 Å². The van der Waals surface area contributed by atoms with Gasteiger partial charge >= 0.3 is 0 Å². The first-order valence-electron chi connectivity index (χ1n) is 8.69. The van der Waals surface area contributed by atoms with Gasteiger partial charge in [-0.15, -0.1) is 0 Å². The highest BCUT2D eigenvalue weighted by atomic mass is 16.2. The molecule has 1 spiro atoms. The largest absolute Gasteiger partial charge is 0.368 e. The number of rotatable bonds is 1. The molecular formula is C18H22N6O. The van der Waals surface area contributed by atoms with E-state index >= 15 is 0 Å². The monoisotopic (exact) mass is 338 g/mol. The van der Waals surface area contributed by atoms with Crippen LogP contribution in [0.5, 0.6) is 0 Å². The van der Waals surface area contributed by atoms with E-state index in [9.17, 15) is 4.79 Å². The Morgan fingerprint density at radius 2 is 1.96 bits per heavy atom. The fraction of sp³-hybridized carbons (Fsp3) is 0.500. The number of likely N-dealkylation sites (tertiary alicyclic amines) is 1. The van der Waals surface area contributed by atoms with Gasteiger partial charge in [-0.3, -0.25) is 4.79 Å². The highest BCUT2D eigenvalue weighted by Crippen LogP contribution is 2.44. The summed E-state index contributed by atoms with van der Waals surface area (Å²) in [6, 6.07) is 0. The molecule has 0 bridgehead atoms. The summed E-state index contributed by atoms with van der Waals surface area (Å²) in [6.45, 7) is 5.15. The van der Waals surface area contributed by atoms with Crippen molar-refractivity contribution in [2.24, 2.45) is 0 Å². The zero-order valence-corrected chi connectivity index (χ0v) is 14.6. The van der Waals surface area contributed by atoms with Gasteiger partial charge in [-0.05, 0) is 45.1 Å². The summed E-state index contributed by atoms with van der Waals surface area (Å²) in [7, 11) is 0. The van der Waals surface area contributed by atoms with Crippen molar-refractivity contribution in [2.75, 3.05) is 18.8 Å². The lowest BCUT2D eigenvalue weighted by molar-refractivity contribution is 0.0631. The quantitative estimate of drug-likeness (QED) is 0.848. The minimum atomic E-state index is -0.0995. The van der Waals surface area contributed by atoms with Gasteiger partial charge in [-0.1, -0.05) is 0 Å². The van der Waals surface area contributed by atoms with Crippen molar-refractivity contribution in [2.45, 2.75) is 44.9 Å². The van der Waals surface area contributed by atoms with Gasteiger partial charge in [0.1, 0.15) is 6.33 Å². The highest BCUT2D eigenvalue weighted by Gasteiger charge is 2.45. The number of fused-ring (bicyclic) bond motifs is 2. The highest BCUT2D eigenvalue weighted by molar-refractivity contribution is 5.96. The van der Waals surface area contributed by atoms with Crippen LogP contribution in [-0.4, -0.2) is 43.8 Å².